The fraction of sp³-hybridized carbons (Fsp3) is 0.318. The van der Waals surface area contributed by atoms with E-state index in [-0.39, 0.29) is 18.4 Å². The number of aromatic nitrogens is 2. The molecule has 2 amide bonds. The molecule has 0 aliphatic carbocycles. The van der Waals surface area contributed by atoms with Crippen LogP contribution in [0.2, 0.25) is 0 Å². The number of rotatable bonds is 9. The maximum Gasteiger partial charge on any atom is 0.242 e. The van der Waals surface area contributed by atoms with Crippen molar-refractivity contribution in [2.24, 2.45) is 0 Å². The Labute approximate surface area is 179 Å². The lowest BCUT2D eigenvalue weighted by Gasteiger charge is -2.11. The molecule has 2 N–H and O–H groups in total. The summed E-state index contributed by atoms with van der Waals surface area (Å²) in [4.78, 5) is 24.9. The van der Waals surface area contributed by atoms with E-state index in [2.05, 4.69) is 27.9 Å². The average molecular weight is 425 g/mol. The molecule has 3 heterocycles. The number of nitrogens with zero attached hydrogens (tertiary/aromatic N) is 2. The lowest BCUT2D eigenvalue weighted by Crippen LogP contribution is -2.28. The van der Waals surface area contributed by atoms with Crippen molar-refractivity contribution >= 4 is 29.4 Å². The minimum Gasteiger partial charge on any atom is -0.467 e. The van der Waals surface area contributed by atoms with Crippen molar-refractivity contribution in [1.82, 2.24) is 15.1 Å². The highest BCUT2D eigenvalue weighted by Gasteiger charge is 2.24. The SMILES string of the molecule is O=C(Cn1nc2c(c1NC(=O)CCCc1ccccc1)CSC2)NCc1ccco1. The van der Waals surface area contributed by atoms with Crippen molar-refractivity contribution in [3.63, 3.8) is 0 Å². The van der Waals surface area contributed by atoms with Gasteiger partial charge >= 0.3 is 0 Å². The molecular weight excluding hydrogens is 400 g/mol. The van der Waals surface area contributed by atoms with Crippen LogP contribution in [0.3, 0.4) is 0 Å². The number of hydrogen-bond acceptors (Lipinski definition) is 5. The van der Waals surface area contributed by atoms with Gasteiger partial charge in [-0.1, -0.05) is 30.3 Å². The molecule has 0 radical (unpaired) electrons. The van der Waals surface area contributed by atoms with Crippen molar-refractivity contribution in [3.05, 3.63) is 71.3 Å². The zero-order valence-electron chi connectivity index (χ0n) is 16.6. The summed E-state index contributed by atoms with van der Waals surface area (Å²) in [5.74, 6) is 2.70. The number of thioether (sulfide) groups is 1. The number of benzene rings is 1. The molecule has 0 fully saturated rings. The van der Waals surface area contributed by atoms with Gasteiger partial charge in [-0.2, -0.15) is 16.9 Å². The maximum absolute atomic E-state index is 12.5. The van der Waals surface area contributed by atoms with Gasteiger partial charge in [0.05, 0.1) is 18.5 Å². The normalized spacial score (nSPS) is 12.5. The van der Waals surface area contributed by atoms with E-state index in [4.69, 9.17) is 4.42 Å². The first-order chi connectivity index (χ1) is 14.7. The van der Waals surface area contributed by atoms with Crippen LogP contribution in [0.15, 0.2) is 53.1 Å². The summed E-state index contributed by atoms with van der Waals surface area (Å²) in [5.41, 5.74) is 3.19. The second kappa shape index (κ2) is 9.67. The second-order valence-corrected chi connectivity index (χ2v) is 8.15. The first-order valence-electron chi connectivity index (χ1n) is 9.98. The standard InChI is InChI=1S/C22H24N4O3S/c27-20(10-4-8-16-6-2-1-3-7-16)24-22-18-14-30-15-19(18)25-26(22)13-21(28)23-12-17-9-5-11-29-17/h1-3,5-7,9,11H,4,8,10,12-15H2,(H,23,28)(H,24,27). The Morgan fingerprint density at radius 1 is 1.10 bits per heavy atom. The zero-order chi connectivity index (χ0) is 20.8. The van der Waals surface area contributed by atoms with E-state index < -0.39 is 0 Å². The Bertz CT molecular complexity index is 999. The fourth-order valence-electron chi connectivity index (χ4n) is 3.40. The molecule has 30 heavy (non-hydrogen) atoms. The number of anilines is 1. The van der Waals surface area contributed by atoms with Gasteiger partial charge in [0.2, 0.25) is 11.8 Å². The third-order valence-electron chi connectivity index (χ3n) is 4.92. The number of fused-ring (bicyclic) bond motifs is 1. The van der Waals surface area contributed by atoms with Gasteiger partial charge in [0.15, 0.2) is 0 Å². The molecule has 0 saturated carbocycles. The van der Waals surface area contributed by atoms with Crippen LogP contribution in [0.1, 0.15) is 35.4 Å². The van der Waals surface area contributed by atoms with Crippen molar-refractivity contribution in [2.45, 2.75) is 43.9 Å². The van der Waals surface area contributed by atoms with E-state index in [0.29, 0.717) is 24.5 Å². The molecule has 1 aromatic carbocycles. The largest absolute Gasteiger partial charge is 0.467 e. The molecule has 1 aliphatic rings. The van der Waals surface area contributed by atoms with Gasteiger partial charge in [0, 0.05) is 23.5 Å². The zero-order valence-corrected chi connectivity index (χ0v) is 17.4. The van der Waals surface area contributed by atoms with Gasteiger partial charge < -0.3 is 15.1 Å². The van der Waals surface area contributed by atoms with Crippen LogP contribution in [-0.4, -0.2) is 21.6 Å². The van der Waals surface area contributed by atoms with E-state index in [1.165, 1.54) is 5.56 Å². The molecule has 0 saturated heterocycles. The summed E-state index contributed by atoms with van der Waals surface area (Å²) < 4.78 is 6.84. The van der Waals surface area contributed by atoms with Crippen molar-refractivity contribution in [2.75, 3.05) is 5.32 Å². The van der Waals surface area contributed by atoms with Gasteiger partial charge in [-0.05, 0) is 30.5 Å². The van der Waals surface area contributed by atoms with Crippen LogP contribution in [0, 0.1) is 0 Å². The quantitative estimate of drug-likeness (QED) is 0.549. The van der Waals surface area contributed by atoms with Gasteiger partial charge in [0.25, 0.3) is 0 Å². The molecule has 2 aromatic heterocycles. The van der Waals surface area contributed by atoms with E-state index in [9.17, 15) is 9.59 Å². The summed E-state index contributed by atoms with van der Waals surface area (Å²) in [6.45, 7) is 0.377. The smallest absolute Gasteiger partial charge is 0.242 e. The van der Waals surface area contributed by atoms with Crippen LogP contribution < -0.4 is 10.6 Å². The fourth-order valence-corrected chi connectivity index (χ4v) is 4.44. The predicted molar refractivity (Wildman–Crippen MR) is 116 cm³/mol. The maximum atomic E-state index is 12.5. The molecule has 0 atom stereocenters. The summed E-state index contributed by atoms with van der Waals surface area (Å²) in [6.07, 6.45) is 3.62. The Kier molecular flexibility index (Phi) is 6.53. The first kappa shape index (κ1) is 20.3. The van der Waals surface area contributed by atoms with Crippen LogP contribution in [0.4, 0.5) is 5.82 Å². The molecule has 0 bridgehead atoms. The third kappa shape index (κ3) is 5.13. The van der Waals surface area contributed by atoms with Crippen LogP contribution >= 0.6 is 11.8 Å². The number of amides is 2. The van der Waals surface area contributed by atoms with Gasteiger partial charge in [-0.15, -0.1) is 0 Å². The minimum atomic E-state index is -0.181. The molecule has 8 heteroatoms. The number of nitrogens with one attached hydrogen (secondary N) is 2. The van der Waals surface area contributed by atoms with E-state index in [1.807, 2.05) is 18.2 Å². The molecule has 0 spiro atoms. The van der Waals surface area contributed by atoms with Crippen molar-refractivity contribution < 1.29 is 14.0 Å². The number of hydrogen-bond donors (Lipinski definition) is 2. The average Bonchev–Trinajstić information content (AvgIpc) is 3.47. The third-order valence-corrected chi connectivity index (χ3v) is 5.89. The first-order valence-corrected chi connectivity index (χ1v) is 11.1. The summed E-state index contributed by atoms with van der Waals surface area (Å²) in [7, 11) is 0. The molecule has 3 aromatic rings. The molecule has 7 nitrogen and oxygen atoms in total. The monoisotopic (exact) mass is 424 g/mol. The van der Waals surface area contributed by atoms with Gasteiger partial charge in [-0.25, -0.2) is 4.68 Å². The van der Waals surface area contributed by atoms with Crippen molar-refractivity contribution in [3.8, 4) is 0 Å². The number of carbonyl (C=O) groups excluding carboxylic acids is 2. The number of furan rings is 1. The van der Waals surface area contributed by atoms with E-state index in [0.717, 1.165) is 35.6 Å². The van der Waals surface area contributed by atoms with Crippen LogP contribution in [0.25, 0.3) is 0 Å². The topological polar surface area (TPSA) is 89.2 Å². The van der Waals surface area contributed by atoms with Crippen molar-refractivity contribution in [1.29, 1.82) is 0 Å². The summed E-state index contributed by atoms with van der Waals surface area (Å²) in [5, 5.41) is 10.4. The highest BCUT2D eigenvalue weighted by molar-refractivity contribution is 7.98. The summed E-state index contributed by atoms with van der Waals surface area (Å²) >= 11 is 1.76. The minimum absolute atomic E-state index is 0.0530. The Morgan fingerprint density at radius 3 is 2.77 bits per heavy atom. The highest BCUT2D eigenvalue weighted by Crippen LogP contribution is 2.34. The van der Waals surface area contributed by atoms with Gasteiger partial charge in [0.1, 0.15) is 18.1 Å². The Hall–Kier alpha value is -3.00. The highest BCUT2D eigenvalue weighted by atomic mass is 32.2. The van der Waals surface area contributed by atoms with Crippen LogP contribution in [-0.2, 0) is 40.6 Å². The Balaban J connectivity index is 1.34. The lowest BCUT2D eigenvalue weighted by atomic mass is 10.1. The van der Waals surface area contributed by atoms with E-state index >= 15 is 0 Å². The van der Waals surface area contributed by atoms with Crippen LogP contribution in [0.5, 0.6) is 0 Å². The lowest BCUT2D eigenvalue weighted by molar-refractivity contribution is -0.122. The summed E-state index contributed by atoms with van der Waals surface area (Å²) in [6, 6.07) is 13.7. The predicted octanol–water partition coefficient (Wildman–Crippen LogP) is 3.50. The molecule has 1 aliphatic heterocycles. The second-order valence-electron chi connectivity index (χ2n) is 7.17. The number of carbonyl (C=O) groups is 2. The molecule has 156 valence electrons. The Morgan fingerprint density at radius 2 is 1.97 bits per heavy atom. The molecule has 4 rings (SSSR count). The molecular formula is C22H24N4O3S. The van der Waals surface area contributed by atoms with E-state index in [1.54, 1.807) is 34.8 Å². The molecule has 0 unspecified atom stereocenters. The number of aryl methyl sites for hydroxylation is 1. The van der Waals surface area contributed by atoms with Gasteiger partial charge in [-0.3, -0.25) is 9.59 Å².